The van der Waals surface area contributed by atoms with Gasteiger partial charge in [0.2, 0.25) is 0 Å². The number of carbonyl (C=O) groups is 1. The predicted octanol–water partition coefficient (Wildman–Crippen LogP) is 1.81. The van der Waals surface area contributed by atoms with Gasteiger partial charge in [0.05, 0.1) is 12.7 Å². The fourth-order valence-electron chi connectivity index (χ4n) is 1.63. The molecule has 0 saturated heterocycles. The molecule has 1 rings (SSSR count). The fraction of sp³-hybridized carbons (Fsp3) is 0.636. The number of aliphatic carboxylic acids is 1. The van der Waals surface area contributed by atoms with Crippen molar-refractivity contribution in [2.45, 2.75) is 38.8 Å². The lowest BCUT2D eigenvalue weighted by Gasteiger charge is -2.25. The topological polar surface area (TPSA) is 67.2 Å². The van der Waals surface area contributed by atoms with Crippen molar-refractivity contribution in [3.8, 4) is 0 Å². The summed E-state index contributed by atoms with van der Waals surface area (Å²) in [6.07, 6.45) is 2.92. The largest absolute Gasteiger partial charge is 0.480 e. The molecule has 6 heteroatoms. The van der Waals surface area contributed by atoms with Crippen LogP contribution in [-0.2, 0) is 18.4 Å². The SMILES string of the molecule is CCCC(C)(NCc1ncc(Cl)n1C)C(=O)O. The summed E-state index contributed by atoms with van der Waals surface area (Å²) in [5, 5.41) is 12.8. The molecular weight excluding hydrogens is 242 g/mol. The summed E-state index contributed by atoms with van der Waals surface area (Å²) in [6.45, 7) is 4.02. The summed E-state index contributed by atoms with van der Waals surface area (Å²) in [4.78, 5) is 15.3. The van der Waals surface area contributed by atoms with E-state index in [1.807, 2.05) is 6.92 Å². The molecule has 0 aliphatic heterocycles. The van der Waals surface area contributed by atoms with Crippen LogP contribution in [0.25, 0.3) is 0 Å². The Bertz CT molecular complexity index is 405. The second-order valence-corrected chi connectivity index (χ2v) is 4.68. The van der Waals surface area contributed by atoms with Crippen LogP contribution in [-0.4, -0.2) is 26.2 Å². The van der Waals surface area contributed by atoms with E-state index in [1.165, 1.54) is 0 Å². The van der Waals surface area contributed by atoms with Gasteiger partial charge in [-0.3, -0.25) is 10.1 Å². The number of hydrogen-bond acceptors (Lipinski definition) is 3. The van der Waals surface area contributed by atoms with Crippen molar-refractivity contribution >= 4 is 17.6 Å². The molecular formula is C11H18ClN3O2. The van der Waals surface area contributed by atoms with Gasteiger partial charge in [-0.1, -0.05) is 24.9 Å². The fourth-order valence-corrected chi connectivity index (χ4v) is 1.78. The van der Waals surface area contributed by atoms with Crippen LogP contribution in [0, 0.1) is 0 Å². The van der Waals surface area contributed by atoms with Crippen LogP contribution < -0.4 is 5.32 Å². The van der Waals surface area contributed by atoms with Crippen LogP contribution in [0.2, 0.25) is 5.15 Å². The van der Waals surface area contributed by atoms with Gasteiger partial charge < -0.3 is 9.67 Å². The molecule has 0 bridgehead atoms. The molecule has 1 heterocycles. The van der Waals surface area contributed by atoms with Crippen LogP contribution in [0.1, 0.15) is 32.5 Å². The Morgan fingerprint density at radius 1 is 1.71 bits per heavy atom. The zero-order chi connectivity index (χ0) is 13.1. The van der Waals surface area contributed by atoms with Gasteiger partial charge in [-0.15, -0.1) is 0 Å². The van der Waals surface area contributed by atoms with Gasteiger partial charge in [0.1, 0.15) is 16.5 Å². The van der Waals surface area contributed by atoms with Crippen molar-refractivity contribution in [3.63, 3.8) is 0 Å². The summed E-state index contributed by atoms with van der Waals surface area (Å²) in [5.74, 6) is -0.127. The number of nitrogens with one attached hydrogen (secondary N) is 1. The summed E-state index contributed by atoms with van der Waals surface area (Å²) in [7, 11) is 1.80. The summed E-state index contributed by atoms with van der Waals surface area (Å²) >= 11 is 5.86. The van der Waals surface area contributed by atoms with Crippen molar-refractivity contribution in [2.75, 3.05) is 0 Å². The van der Waals surface area contributed by atoms with E-state index in [1.54, 1.807) is 24.7 Å². The second-order valence-electron chi connectivity index (χ2n) is 4.30. The number of carboxylic acids is 1. The van der Waals surface area contributed by atoms with E-state index < -0.39 is 11.5 Å². The third kappa shape index (κ3) is 3.20. The zero-order valence-electron chi connectivity index (χ0n) is 10.3. The number of aromatic nitrogens is 2. The molecule has 5 nitrogen and oxygen atoms in total. The number of imidazole rings is 1. The third-order valence-electron chi connectivity index (χ3n) is 2.89. The standard InChI is InChI=1S/C11H18ClN3O2/c1-4-5-11(2,10(16)17)14-7-9-13-6-8(12)15(9)3/h6,14H,4-5,7H2,1-3H3,(H,16,17). The molecule has 0 aromatic carbocycles. The molecule has 1 unspecified atom stereocenters. The maximum absolute atomic E-state index is 11.2. The molecule has 0 amide bonds. The highest BCUT2D eigenvalue weighted by Gasteiger charge is 2.31. The number of rotatable bonds is 6. The Labute approximate surface area is 106 Å². The van der Waals surface area contributed by atoms with E-state index in [9.17, 15) is 9.90 Å². The highest BCUT2D eigenvalue weighted by atomic mass is 35.5. The Hall–Kier alpha value is -1.07. The number of nitrogens with zero attached hydrogens (tertiary/aromatic N) is 2. The summed E-state index contributed by atoms with van der Waals surface area (Å²) < 4.78 is 1.72. The van der Waals surface area contributed by atoms with Crippen LogP contribution in [0.3, 0.4) is 0 Å². The average Bonchev–Trinajstić information content (AvgIpc) is 2.57. The van der Waals surface area contributed by atoms with Gasteiger partial charge in [0.25, 0.3) is 0 Å². The van der Waals surface area contributed by atoms with E-state index in [2.05, 4.69) is 10.3 Å². The first-order valence-electron chi connectivity index (χ1n) is 5.55. The minimum absolute atomic E-state index is 0.381. The average molecular weight is 260 g/mol. The van der Waals surface area contributed by atoms with Gasteiger partial charge in [-0.05, 0) is 13.3 Å². The Kier molecular flexibility index (Phi) is 4.54. The van der Waals surface area contributed by atoms with E-state index in [4.69, 9.17) is 11.6 Å². The monoisotopic (exact) mass is 259 g/mol. The number of hydrogen-bond donors (Lipinski definition) is 2. The first-order chi connectivity index (χ1) is 7.90. The first kappa shape index (κ1) is 14.0. The third-order valence-corrected chi connectivity index (χ3v) is 3.24. The minimum Gasteiger partial charge on any atom is -0.480 e. The molecule has 0 spiro atoms. The minimum atomic E-state index is -0.923. The summed E-state index contributed by atoms with van der Waals surface area (Å²) in [5.41, 5.74) is -0.923. The Morgan fingerprint density at radius 3 is 2.76 bits per heavy atom. The molecule has 0 radical (unpaired) electrons. The van der Waals surface area contributed by atoms with Crippen LogP contribution in [0.5, 0.6) is 0 Å². The lowest BCUT2D eigenvalue weighted by molar-refractivity contribution is -0.144. The van der Waals surface area contributed by atoms with Crippen molar-refractivity contribution in [1.29, 1.82) is 0 Å². The zero-order valence-corrected chi connectivity index (χ0v) is 11.1. The van der Waals surface area contributed by atoms with Crippen molar-refractivity contribution in [2.24, 2.45) is 7.05 Å². The van der Waals surface area contributed by atoms with Crippen LogP contribution in [0.15, 0.2) is 6.20 Å². The predicted molar refractivity (Wildman–Crippen MR) is 66.0 cm³/mol. The molecule has 0 saturated carbocycles. The lowest BCUT2D eigenvalue weighted by atomic mass is 9.96. The molecule has 1 aromatic heterocycles. The normalized spacial score (nSPS) is 14.6. The van der Waals surface area contributed by atoms with Gasteiger partial charge in [0, 0.05) is 7.05 Å². The van der Waals surface area contributed by atoms with Gasteiger partial charge in [-0.2, -0.15) is 0 Å². The maximum Gasteiger partial charge on any atom is 0.323 e. The van der Waals surface area contributed by atoms with Gasteiger partial charge in [0.15, 0.2) is 0 Å². The molecule has 1 atom stereocenters. The highest BCUT2D eigenvalue weighted by molar-refractivity contribution is 6.29. The quantitative estimate of drug-likeness (QED) is 0.818. The lowest BCUT2D eigenvalue weighted by Crippen LogP contribution is -2.49. The molecule has 1 aromatic rings. The molecule has 0 aliphatic carbocycles. The van der Waals surface area contributed by atoms with Gasteiger partial charge >= 0.3 is 5.97 Å². The van der Waals surface area contributed by atoms with E-state index in [0.717, 1.165) is 12.2 Å². The van der Waals surface area contributed by atoms with E-state index >= 15 is 0 Å². The molecule has 0 aliphatic rings. The van der Waals surface area contributed by atoms with Crippen LogP contribution >= 0.6 is 11.6 Å². The smallest absolute Gasteiger partial charge is 0.323 e. The summed E-state index contributed by atoms with van der Waals surface area (Å²) in [6, 6.07) is 0. The van der Waals surface area contributed by atoms with E-state index in [0.29, 0.717) is 18.1 Å². The first-order valence-corrected chi connectivity index (χ1v) is 5.93. The van der Waals surface area contributed by atoms with Crippen molar-refractivity contribution in [3.05, 3.63) is 17.2 Å². The molecule has 2 N–H and O–H groups in total. The molecule has 17 heavy (non-hydrogen) atoms. The molecule has 0 fully saturated rings. The Morgan fingerprint density at radius 2 is 2.35 bits per heavy atom. The maximum atomic E-state index is 11.2. The van der Waals surface area contributed by atoms with Crippen LogP contribution in [0.4, 0.5) is 0 Å². The van der Waals surface area contributed by atoms with E-state index in [-0.39, 0.29) is 0 Å². The number of carboxylic acid groups (broad SMARTS) is 1. The number of halogens is 1. The van der Waals surface area contributed by atoms with Gasteiger partial charge in [-0.25, -0.2) is 4.98 Å². The molecule has 96 valence electrons. The van der Waals surface area contributed by atoms with Crippen molar-refractivity contribution < 1.29 is 9.90 Å². The van der Waals surface area contributed by atoms with Crippen molar-refractivity contribution in [1.82, 2.24) is 14.9 Å². The highest BCUT2D eigenvalue weighted by Crippen LogP contribution is 2.15. The Balaban J connectivity index is 2.71. The second kappa shape index (κ2) is 5.51.